The molecule has 1 atom stereocenters. The van der Waals surface area contributed by atoms with E-state index in [9.17, 15) is 0 Å². The van der Waals surface area contributed by atoms with Crippen molar-refractivity contribution in [1.29, 1.82) is 0 Å². The Morgan fingerprint density at radius 3 is 2.59 bits per heavy atom. The molecule has 94 valence electrons. The zero-order chi connectivity index (χ0) is 12.8. The number of anilines is 2. The van der Waals surface area contributed by atoms with Crippen LogP contribution < -0.4 is 15.4 Å². The lowest BCUT2D eigenvalue weighted by molar-refractivity contribution is 0.216. The summed E-state index contributed by atoms with van der Waals surface area (Å²) in [4.78, 5) is 2.22. The number of hydrogen-bond acceptors (Lipinski definition) is 3. The highest BCUT2D eigenvalue weighted by molar-refractivity contribution is 5.73. The third-order valence-electron chi connectivity index (χ3n) is 3.23. The molecule has 0 amide bonds. The fourth-order valence-electron chi connectivity index (χ4n) is 2.20. The first kappa shape index (κ1) is 12.1. The van der Waals surface area contributed by atoms with Gasteiger partial charge in [-0.05, 0) is 30.0 Å². The number of likely N-dealkylation sites (N-methyl/N-ethyl adjacent to an activating group) is 1. The summed E-state index contributed by atoms with van der Waals surface area (Å²) < 4.78 is 5.83. The zero-order valence-corrected chi connectivity index (χ0v) is 11.4. The number of hydrogen-bond donors (Lipinski definition) is 1. The van der Waals surface area contributed by atoms with Crippen LogP contribution in [-0.2, 0) is 5.41 Å². The van der Waals surface area contributed by atoms with E-state index in [2.05, 4.69) is 45.7 Å². The monoisotopic (exact) mass is 234 g/mol. The van der Waals surface area contributed by atoms with Crippen molar-refractivity contribution in [3.05, 3.63) is 17.7 Å². The van der Waals surface area contributed by atoms with Crippen molar-refractivity contribution in [1.82, 2.24) is 0 Å². The number of ether oxygens (including phenoxy) is 1. The van der Waals surface area contributed by atoms with Gasteiger partial charge in [0.1, 0.15) is 6.10 Å². The van der Waals surface area contributed by atoms with Crippen molar-refractivity contribution in [2.45, 2.75) is 39.2 Å². The van der Waals surface area contributed by atoms with E-state index in [4.69, 9.17) is 10.5 Å². The van der Waals surface area contributed by atoms with E-state index in [1.807, 2.05) is 6.07 Å². The van der Waals surface area contributed by atoms with Gasteiger partial charge in [-0.25, -0.2) is 0 Å². The maximum Gasteiger partial charge on any atom is 0.165 e. The summed E-state index contributed by atoms with van der Waals surface area (Å²) in [7, 11) is 2.09. The standard InChI is InChI=1S/C14H22N2O/c1-9-8-16(5)12-7-10(14(2,3)4)6-11(15)13(12)17-9/h6-7,9H,8,15H2,1-5H3. The molecule has 0 aromatic heterocycles. The van der Waals surface area contributed by atoms with E-state index in [0.717, 1.165) is 23.7 Å². The van der Waals surface area contributed by atoms with Gasteiger partial charge in [0, 0.05) is 7.05 Å². The van der Waals surface area contributed by atoms with Crippen molar-refractivity contribution in [2.75, 3.05) is 24.2 Å². The lowest BCUT2D eigenvalue weighted by atomic mass is 9.86. The Morgan fingerprint density at radius 2 is 2.00 bits per heavy atom. The second kappa shape index (κ2) is 3.83. The predicted molar refractivity (Wildman–Crippen MR) is 72.9 cm³/mol. The Bertz CT molecular complexity index is 435. The van der Waals surface area contributed by atoms with Gasteiger partial charge in [0.25, 0.3) is 0 Å². The van der Waals surface area contributed by atoms with E-state index in [1.165, 1.54) is 5.56 Å². The molecule has 0 saturated heterocycles. The van der Waals surface area contributed by atoms with Gasteiger partial charge >= 0.3 is 0 Å². The minimum atomic E-state index is 0.104. The number of nitrogens with two attached hydrogens (primary N) is 1. The number of rotatable bonds is 0. The number of fused-ring (bicyclic) bond motifs is 1. The topological polar surface area (TPSA) is 38.5 Å². The SMILES string of the molecule is CC1CN(C)c2cc(C(C)(C)C)cc(N)c2O1. The minimum absolute atomic E-state index is 0.104. The van der Waals surface area contributed by atoms with Crippen molar-refractivity contribution in [2.24, 2.45) is 0 Å². The van der Waals surface area contributed by atoms with Gasteiger partial charge in [-0.2, -0.15) is 0 Å². The maximum atomic E-state index is 6.11. The summed E-state index contributed by atoms with van der Waals surface area (Å²) in [5.41, 5.74) is 9.31. The van der Waals surface area contributed by atoms with Crippen LogP contribution in [0.15, 0.2) is 12.1 Å². The molecule has 1 unspecified atom stereocenters. The van der Waals surface area contributed by atoms with Gasteiger partial charge in [-0.15, -0.1) is 0 Å². The average Bonchev–Trinajstić information content (AvgIpc) is 2.17. The molecule has 1 aromatic carbocycles. The molecule has 2 N–H and O–H groups in total. The molecular formula is C14H22N2O. The van der Waals surface area contributed by atoms with Crippen molar-refractivity contribution < 1.29 is 4.74 Å². The molecule has 1 aliphatic heterocycles. The van der Waals surface area contributed by atoms with E-state index in [-0.39, 0.29) is 11.5 Å². The largest absolute Gasteiger partial charge is 0.485 e. The van der Waals surface area contributed by atoms with Crippen LogP contribution in [0.5, 0.6) is 5.75 Å². The van der Waals surface area contributed by atoms with Crippen molar-refractivity contribution >= 4 is 11.4 Å². The predicted octanol–water partition coefficient (Wildman–Crippen LogP) is 2.78. The van der Waals surface area contributed by atoms with Gasteiger partial charge in [0.15, 0.2) is 5.75 Å². The van der Waals surface area contributed by atoms with Gasteiger partial charge in [0.05, 0.1) is 17.9 Å². The smallest absolute Gasteiger partial charge is 0.165 e. The molecule has 17 heavy (non-hydrogen) atoms. The van der Waals surface area contributed by atoms with Crippen molar-refractivity contribution in [3.63, 3.8) is 0 Å². The first-order chi connectivity index (χ1) is 7.79. The highest BCUT2D eigenvalue weighted by Crippen LogP contribution is 2.41. The number of nitrogens with zero attached hydrogens (tertiary/aromatic N) is 1. The molecule has 3 heteroatoms. The van der Waals surface area contributed by atoms with E-state index >= 15 is 0 Å². The van der Waals surface area contributed by atoms with Gasteiger partial charge in [0.2, 0.25) is 0 Å². The summed E-state index contributed by atoms with van der Waals surface area (Å²) in [6.45, 7) is 9.55. The maximum absolute atomic E-state index is 6.11. The molecule has 3 nitrogen and oxygen atoms in total. The highest BCUT2D eigenvalue weighted by Gasteiger charge is 2.25. The Balaban J connectivity index is 2.54. The molecule has 1 aromatic rings. The third-order valence-corrected chi connectivity index (χ3v) is 3.23. The van der Waals surface area contributed by atoms with Crippen LogP contribution >= 0.6 is 0 Å². The fourth-order valence-corrected chi connectivity index (χ4v) is 2.20. The first-order valence-electron chi connectivity index (χ1n) is 6.11. The molecule has 0 aliphatic carbocycles. The quantitative estimate of drug-likeness (QED) is 0.701. The molecule has 0 saturated carbocycles. The number of benzene rings is 1. The summed E-state index contributed by atoms with van der Waals surface area (Å²) in [5.74, 6) is 0.833. The Kier molecular flexibility index (Phi) is 2.72. The molecule has 2 rings (SSSR count). The van der Waals surface area contributed by atoms with Gasteiger partial charge in [-0.1, -0.05) is 20.8 Å². The van der Waals surface area contributed by atoms with E-state index < -0.39 is 0 Å². The summed E-state index contributed by atoms with van der Waals surface area (Å²) in [6.07, 6.45) is 0.190. The second-order valence-corrected chi connectivity index (χ2v) is 5.97. The molecule has 0 spiro atoms. The summed E-state index contributed by atoms with van der Waals surface area (Å²) in [6, 6.07) is 4.22. The van der Waals surface area contributed by atoms with Crippen LogP contribution in [0.1, 0.15) is 33.3 Å². The Morgan fingerprint density at radius 1 is 1.35 bits per heavy atom. The molecule has 1 aliphatic rings. The summed E-state index contributed by atoms with van der Waals surface area (Å²) >= 11 is 0. The lowest BCUT2D eigenvalue weighted by Crippen LogP contribution is -2.36. The van der Waals surface area contributed by atoms with E-state index in [1.54, 1.807) is 0 Å². The number of nitrogen functional groups attached to an aromatic ring is 1. The average molecular weight is 234 g/mol. The third kappa shape index (κ3) is 2.19. The van der Waals surface area contributed by atoms with Gasteiger partial charge < -0.3 is 15.4 Å². The van der Waals surface area contributed by atoms with E-state index in [0.29, 0.717) is 0 Å². The molecule has 1 heterocycles. The highest BCUT2D eigenvalue weighted by atomic mass is 16.5. The van der Waals surface area contributed by atoms with Crippen LogP contribution in [0.3, 0.4) is 0 Å². The summed E-state index contributed by atoms with van der Waals surface area (Å²) in [5, 5.41) is 0. The Labute approximate surface area is 104 Å². The van der Waals surface area contributed by atoms with Crippen LogP contribution in [0.2, 0.25) is 0 Å². The van der Waals surface area contributed by atoms with Crippen LogP contribution in [-0.4, -0.2) is 19.7 Å². The minimum Gasteiger partial charge on any atom is -0.485 e. The molecular weight excluding hydrogens is 212 g/mol. The normalized spacial score (nSPS) is 19.8. The van der Waals surface area contributed by atoms with Crippen LogP contribution in [0.4, 0.5) is 11.4 Å². The fraction of sp³-hybridized carbons (Fsp3) is 0.571. The zero-order valence-electron chi connectivity index (χ0n) is 11.4. The lowest BCUT2D eigenvalue weighted by Gasteiger charge is -2.34. The van der Waals surface area contributed by atoms with Crippen LogP contribution in [0.25, 0.3) is 0 Å². The second-order valence-electron chi connectivity index (χ2n) is 5.97. The van der Waals surface area contributed by atoms with Gasteiger partial charge in [-0.3, -0.25) is 0 Å². The molecule has 0 radical (unpaired) electrons. The Hall–Kier alpha value is -1.38. The molecule has 0 bridgehead atoms. The van der Waals surface area contributed by atoms with Crippen molar-refractivity contribution in [3.8, 4) is 5.75 Å². The molecule has 0 fully saturated rings. The van der Waals surface area contributed by atoms with Crippen LogP contribution in [0, 0.1) is 0 Å². The first-order valence-corrected chi connectivity index (χ1v) is 6.11.